The number of nitrogens with zero attached hydrogens (tertiary/aromatic N) is 4. The molecule has 8 heteroatoms. The number of nitrogens with one attached hydrogen (secondary N) is 1. The first-order valence-electron chi connectivity index (χ1n) is 6.96. The third-order valence-corrected chi connectivity index (χ3v) is 4.00. The van der Waals surface area contributed by atoms with E-state index in [-0.39, 0.29) is 12.5 Å². The number of rotatable bonds is 6. The first-order chi connectivity index (χ1) is 11.2. The Morgan fingerprint density at radius 3 is 2.83 bits per heavy atom. The van der Waals surface area contributed by atoms with Crippen molar-refractivity contribution >= 4 is 17.2 Å². The van der Waals surface area contributed by atoms with Crippen molar-refractivity contribution in [2.45, 2.75) is 13.1 Å². The van der Waals surface area contributed by atoms with E-state index in [1.54, 1.807) is 18.4 Å². The van der Waals surface area contributed by atoms with Crippen LogP contribution >= 0.6 is 11.3 Å². The molecular formula is C15H15N5O2S. The van der Waals surface area contributed by atoms with E-state index in [9.17, 15) is 4.79 Å². The summed E-state index contributed by atoms with van der Waals surface area (Å²) in [5.41, 5.74) is 0.816. The van der Waals surface area contributed by atoms with Crippen LogP contribution in [0.3, 0.4) is 0 Å². The van der Waals surface area contributed by atoms with Crippen molar-refractivity contribution in [2.24, 2.45) is 0 Å². The van der Waals surface area contributed by atoms with Crippen LogP contribution in [0, 0.1) is 0 Å². The van der Waals surface area contributed by atoms with Crippen molar-refractivity contribution in [2.75, 3.05) is 7.11 Å². The average molecular weight is 329 g/mol. The minimum atomic E-state index is -0.155. The van der Waals surface area contributed by atoms with Gasteiger partial charge in [-0.05, 0) is 40.9 Å². The van der Waals surface area contributed by atoms with Gasteiger partial charge in [-0.1, -0.05) is 6.07 Å². The monoisotopic (exact) mass is 329 g/mol. The summed E-state index contributed by atoms with van der Waals surface area (Å²) in [6.07, 6.45) is 0. The molecule has 23 heavy (non-hydrogen) atoms. The first-order valence-corrected chi connectivity index (χ1v) is 7.84. The van der Waals surface area contributed by atoms with Crippen molar-refractivity contribution in [3.05, 3.63) is 46.7 Å². The Kier molecular flexibility index (Phi) is 4.62. The van der Waals surface area contributed by atoms with Crippen molar-refractivity contribution in [1.29, 1.82) is 0 Å². The van der Waals surface area contributed by atoms with Gasteiger partial charge in [0.25, 0.3) is 0 Å². The van der Waals surface area contributed by atoms with Gasteiger partial charge in [0.2, 0.25) is 11.7 Å². The molecule has 2 heterocycles. The minimum absolute atomic E-state index is 0.0362. The van der Waals surface area contributed by atoms with E-state index in [0.717, 1.165) is 16.2 Å². The second-order valence-electron chi connectivity index (χ2n) is 4.73. The lowest BCUT2D eigenvalue weighted by Gasteiger charge is -2.02. The molecule has 7 nitrogen and oxygen atoms in total. The van der Waals surface area contributed by atoms with Gasteiger partial charge < -0.3 is 10.1 Å². The first kappa shape index (κ1) is 15.2. The molecule has 0 fully saturated rings. The zero-order valence-corrected chi connectivity index (χ0v) is 13.3. The quantitative estimate of drug-likeness (QED) is 0.745. The molecule has 118 valence electrons. The van der Waals surface area contributed by atoms with E-state index in [2.05, 4.69) is 20.7 Å². The van der Waals surface area contributed by atoms with Crippen LogP contribution in [0.2, 0.25) is 0 Å². The predicted octanol–water partition coefficient (Wildman–Crippen LogP) is 1.73. The summed E-state index contributed by atoms with van der Waals surface area (Å²) in [5, 5.41) is 16.9. The smallest absolute Gasteiger partial charge is 0.243 e. The van der Waals surface area contributed by atoms with Gasteiger partial charge in [-0.2, -0.15) is 4.80 Å². The zero-order valence-electron chi connectivity index (χ0n) is 12.5. The maximum Gasteiger partial charge on any atom is 0.243 e. The molecule has 0 aliphatic heterocycles. The molecule has 0 unspecified atom stereocenters. The second-order valence-corrected chi connectivity index (χ2v) is 5.76. The predicted molar refractivity (Wildman–Crippen MR) is 86.0 cm³/mol. The Labute approximate surface area is 136 Å². The lowest BCUT2D eigenvalue weighted by atomic mass is 10.2. The molecule has 0 spiro atoms. The molecule has 0 aliphatic rings. The fraction of sp³-hybridized carbons (Fsp3) is 0.200. The fourth-order valence-corrected chi connectivity index (χ4v) is 2.59. The number of hydrogen-bond donors (Lipinski definition) is 1. The van der Waals surface area contributed by atoms with Gasteiger partial charge in [0.1, 0.15) is 12.3 Å². The highest BCUT2D eigenvalue weighted by Crippen LogP contribution is 2.18. The summed E-state index contributed by atoms with van der Waals surface area (Å²) >= 11 is 1.60. The Morgan fingerprint density at radius 1 is 1.30 bits per heavy atom. The molecule has 0 aliphatic carbocycles. The molecule has 0 saturated carbocycles. The van der Waals surface area contributed by atoms with Gasteiger partial charge in [0.05, 0.1) is 13.7 Å². The Balaban J connectivity index is 1.58. The maximum atomic E-state index is 11.9. The van der Waals surface area contributed by atoms with E-state index in [1.165, 1.54) is 4.80 Å². The van der Waals surface area contributed by atoms with Gasteiger partial charge in [-0.25, -0.2) is 0 Å². The van der Waals surface area contributed by atoms with Crippen molar-refractivity contribution in [3.8, 4) is 17.1 Å². The Morgan fingerprint density at radius 2 is 2.13 bits per heavy atom. The van der Waals surface area contributed by atoms with Crippen LogP contribution < -0.4 is 10.1 Å². The van der Waals surface area contributed by atoms with E-state index < -0.39 is 0 Å². The van der Waals surface area contributed by atoms with E-state index >= 15 is 0 Å². The molecule has 1 aromatic carbocycles. The Bertz CT molecular complexity index is 768. The molecule has 1 N–H and O–H groups in total. The molecular weight excluding hydrogens is 314 g/mol. The van der Waals surface area contributed by atoms with Crippen LogP contribution in [-0.4, -0.2) is 33.2 Å². The molecule has 1 amide bonds. The van der Waals surface area contributed by atoms with Crippen molar-refractivity contribution < 1.29 is 9.53 Å². The topological polar surface area (TPSA) is 81.9 Å². The van der Waals surface area contributed by atoms with E-state index in [0.29, 0.717) is 12.4 Å². The van der Waals surface area contributed by atoms with Crippen LogP contribution in [0.15, 0.2) is 41.8 Å². The summed E-state index contributed by atoms with van der Waals surface area (Å²) in [6.45, 7) is 0.547. The third-order valence-electron chi connectivity index (χ3n) is 3.13. The standard InChI is InChI=1S/C15H15N5O2S/c1-22-12-6-4-11(5-7-12)15-17-19-20(18-15)10-14(21)16-9-13-3-2-8-23-13/h2-8H,9-10H2,1H3,(H,16,21). The number of hydrogen-bond acceptors (Lipinski definition) is 6. The Hall–Kier alpha value is -2.74. The number of tetrazole rings is 1. The number of carbonyl (C=O) groups excluding carboxylic acids is 1. The van der Waals surface area contributed by atoms with Crippen molar-refractivity contribution in [3.63, 3.8) is 0 Å². The van der Waals surface area contributed by atoms with Crippen LogP contribution in [0.5, 0.6) is 5.75 Å². The largest absolute Gasteiger partial charge is 0.497 e. The van der Waals surface area contributed by atoms with Gasteiger partial charge in [0, 0.05) is 10.4 Å². The van der Waals surface area contributed by atoms with Gasteiger partial charge >= 0.3 is 0 Å². The molecule has 0 atom stereocenters. The summed E-state index contributed by atoms with van der Waals surface area (Å²) in [6, 6.07) is 11.3. The lowest BCUT2D eigenvalue weighted by Crippen LogP contribution is -2.27. The highest BCUT2D eigenvalue weighted by molar-refractivity contribution is 7.09. The molecule has 0 bridgehead atoms. The highest BCUT2D eigenvalue weighted by atomic mass is 32.1. The number of aromatic nitrogens is 4. The molecule has 0 radical (unpaired) electrons. The van der Waals surface area contributed by atoms with Gasteiger partial charge in [0.15, 0.2) is 0 Å². The second kappa shape index (κ2) is 7.01. The number of benzene rings is 1. The number of amides is 1. The number of ether oxygens (including phenoxy) is 1. The molecule has 3 rings (SSSR count). The zero-order chi connectivity index (χ0) is 16.1. The van der Waals surface area contributed by atoms with Crippen molar-refractivity contribution in [1.82, 2.24) is 25.5 Å². The lowest BCUT2D eigenvalue weighted by molar-refractivity contribution is -0.122. The fourth-order valence-electron chi connectivity index (χ4n) is 1.95. The van der Waals surface area contributed by atoms with Crippen LogP contribution in [-0.2, 0) is 17.9 Å². The van der Waals surface area contributed by atoms with Crippen LogP contribution in [0.1, 0.15) is 4.88 Å². The molecule has 0 saturated heterocycles. The van der Waals surface area contributed by atoms with E-state index in [1.807, 2.05) is 41.8 Å². The summed E-state index contributed by atoms with van der Waals surface area (Å²) in [7, 11) is 1.61. The summed E-state index contributed by atoms with van der Waals surface area (Å²) in [4.78, 5) is 14.3. The van der Waals surface area contributed by atoms with Crippen LogP contribution in [0.25, 0.3) is 11.4 Å². The van der Waals surface area contributed by atoms with Gasteiger partial charge in [-0.15, -0.1) is 21.5 Å². The summed E-state index contributed by atoms with van der Waals surface area (Å²) < 4.78 is 5.11. The van der Waals surface area contributed by atoms with E-state index in [4.69, 9.17) is 4.74 Å². The number of methoxy groups -OCH3 is 1. The average Bonchev–Trinajstić information content (AvgIpc) is 3.25. The molecule has 2 aromatic heterocycles. The minimum Gasteiger partial charge on any atom is -0.497 e. The molecule has 3 aromatic rings. The SMILES string of the molecule is COc1ccc(-c2nnn(CC(=O)NCc3cccs3)n2)cc1. The summed E-state index contributed by atoms with van der Waals surface area (Å²) in [5.74, 6) is 1.07. The van der Waals surface area contributed by atoms with Gasteiger partial charge in [-0.3, -0.25) is 4.79 Å². The highest BCUT2D eigenvalue weighted by Gasteiger charge is 2.09. The number of thiophene rings is 1. The van der Waals surface area contributed by atoms with Crippen LogP contribution in [0.4, 0.5) is 0 Å². The maximum absolute atomic E-state index is 11.9. The number of carbonyl (C=O) groups is 1. The third kappa shape index (κ3) is 3.92. The normalized spacial score (nSPS) is 10.5.